The first kappa shape index (κ1) is 20.9. The molecule has 0 bridgehead atoms. The number of aromatic nitrogens is 4. The van der Waals surface area contributed by atoms with E-state index in [4.69, 9.17) is 4.74 Å². The number of aryl methyl sites for hydroxylation is 1. The van der Waals surface area contributed by atoms with Crippen LogP contribution in [0.1, 0.15) is 25.0 Å². The van der Waals surface area contributed by atoms with Crippen molar-refractivity contribution >= 4 is 23.4 Å². The molecule has 0 spiro atoms. The maximum absolute atomic E-state index is 13.0. The van der Waals surface area contributed by atoms with Crippen LogP contribution in [0, 0.1) is 19.8 Å². The van der Waals surface area contributed by atoms with Gasteiger partial charge in [-0.1, -0.05) is 37.7 Å². The van der Waals surface area contributed by atoms with Crippen molar-refractivity contribution in [3.8, 4) is 11.4 Å². The Labute approximate surface area is 174 Å². The lowest BCUT2D eigenvalue weighted by Gasteiger charge is -2.19. The molecule has 0 fully saturated rings. The zero-order chi connectivity index (χ0) is 21.0. The summed E-state index contributed by atoms with van der Waals surface area (Å²) in [4.78, 5) is 13.0. The number of hydrogen-bond donors (Lipinski definition) is 1. The molecule has 1 atom stereocenters. The van der Waals surface area contributed by atoms with Crippen LogP contribution in [-0.4, -0.2) is 38.5 Å². The molecule has 0 radical (unpaired) electrons. The minimum Gasteiger partial charge on any atom is -0.497 e. The van der Waals surface area contributed by atoms with Crippen LogP contribution in [-0.2, 0) is 4.79 Å². The molecule has 1 aromatic heterocycles. The second-order valence-corrected chi connectivity index (χ2v) is 8.20. The molecule has 2 aromatic carbocycles. The van der Waals surface area contributed by atoms with Crippen LogP contribution in [0.4, 0.5) is 5.69 Å². The van der Waals surface area contributed by atoms with Crippen molar-refractivity contribution in [1.82, 2.24) is 20.2 Å². The van der Waals surface area contributed by atoms with Crippen molar-refractivity contribution in [2.75, 3.05) is 12.4 Å². The Bertz CT molecular complexity index is 985. The monoisotopic (exact) mass is 411 g/mol. The van der Waals surface area contributed by atoms with E-state index in [1.807, 2.05) is 57.2 Å². The lowest BCUT2D eigenvalue weighted by molar-refractivity contribution is -0.116. The molecule has 3 aromatic rings. The highest BCUT2D eigenvalue weighted by molar-refractivity contribution is 8.00. The molecule has 0 aliphatic heterocycles. The number of hydrogen-bond acceptors (Lipinski definition) is 6. The molecule has 1 N–H and O–H groups in total. The van der Waals surface area contributed by atoms with Gasteiger partial charge in [0.2, 0.25) is 11.1 Å². The Balaban J connectivity index is 1.82. The first-order chi connectivity index (χ1) is 13.9. The summed E-state index contributed by atoms with van der Waals surface area (Å²) in [5.74, 6) is 0.734. The van der Waals surface area contributed by atoms with Crippen LogP contribution in [0.25, 0.3) is 5.69 Å². The SMILES string of the molecule is COc1ccc(NC(=O)C(Sc2nnnn2-c2cccc(C)c2C)C(C)C)cc1. The summed E-state index contributed by atoms with van der Waals surface area (Å²) in [5, 5.41) is 15.4. The maximum Gasteiger partial charge on any atom is 0.238 e. The van der Waals surface area contributed by atoms with Gasteiger partial charge in [-0.25, -0.2) is 0 Å². The number of carbonyl (C=O) groups excluding carboxylic acids is 1. The van der Waals surface area contributed by atoms with Crippen LogP contribution in [0.3, 0.4) is 0 Å². The van der Waals surface area contributed by atoms with Gasteiger partial charge in [-0.3, -0.25) is 4.79 Å². The van der Waals surface area contributed by atoms with Crippen LogP contribution < -0.4 is 10.1 Å². The van der Waals surface area contributed by atoms with Gasteiger partial charge in [0.25, 0.3) is 0 Å². The Hall–Kier alpha value is -2.87. The van der Waals surface area contributed by atoms with Gasteiger partial charge in [0.1, 0.15) is 5.75 Å². The van der Waals surface area contributed by atoms with Crippen molar-refractivity contribution in [2.24, 2.45) is 5.92 Å². The summed E-state index contributed by atoms with van der Waals surface area (Å²) in [5.41, 5.74) is 3.89. The Morgan fingerprint density at radius 3 is 2.52 bits per heavy atom. The Kier molecular flexibility index (Phi) is 6.53. The topological polar surface area (TPSA) is 81.9 Å². The molecule has 152 valence electrons. The van der Waals surface area contributed by atoms with E-state index in [1.54, 1.807) is 11.8 Å². The van der Waals surface area contributed by atoms with Gasteiger partial charge in [0.15, 0.2) is 0 Å². The first-order valence-electron chi connectivity index (χ1n) is 9.37. The minimum atomic E-state index is -0.355. The lowest BCUT2D eigenvalue weighted by Crippen LogP contribution is -2.30. The van der Waals surface area contributed by atoms with Crippen molar-refractivity contribution in [1.29, 1.82) is 0 Å². The van der Waals surface area contributed by atoms with E-state index in [0.717, 1.165) is 28.3 Å². The number of rotatable bonds is 7. The van der Waals surface area contributed by atoms with Gasteiger partial charge >= 0.3 is 0 Å². The molecule has 0 saturated heterocycles. The molecule has 3 rings (SSSR count). The first-order valence-corrected chi connectivity index (χ1v) is 10.2. The van der Waals surface area contributed by atoms with E-state index >= 15 is 0 Å². The molecule has 7 nitrogen and oxygen atoms in total. The highest BCUT2D eigenvalue weighted by Crippen LogP contribution is 2.30. The molecule has 0 aliphatic rings. The largest absolute Gasteiger partial charge is 0.497 e. The number of nitrogens with one attached hydrogen (secondary N) is 1. The standard InChI is InChI=1S/C21H25N5O2S/c1-13(2)19(20(27)22-16-9-11-17(28-5)12-10-16)29-21-23-24-25-26(21)18-8-6-7-14(3)15(18)4/h6-13,19H,1-5H3,(H,22,27). The van der Waals surface area contributed by atoms with Crippen molar-refractivity contribution in [2.45, 2.75) is 38.1 Å². The summed E-state index contributed by atoms with van der Waals surface area (Å²) in [6, 6.07) is 13.3. The number of methoxy groups -OCH3 is 1. The van der Waals surface area contributed by atoms with Crippen LogP contribution in [0.5, 0.6) is 5.75 Å². The molecule has 1 unspecified atom stereocenters. The van der Waals surface area contributed by atoms with E-state index in [0.29, 0.717) is 5.16 Å². The quantitative estimate of drug-likeness (QED) is 0.591. The Morgan fingerprint density at radius 1 is 1.14 bits per heavy atom. The number of tetrazole rings is 1. The fourth-order valence-electron chi connectivity index (χ4n) is 2.86. The molecular formula is C21H25N5O2S. The van der Waals surface area contributed by atoms with E-state index in [2.05, 4.69) is 33.8 Å². The van der Waals surface area contributed by atoms with Crippen LogP contribution in [0.15, 0.2) is 47.6 Å². The summed E-state index contributed by atoms with van der Waals surface area (Å²) < 4.78 is 6.86. The number of amides is 1. The normalized spacial score (nSPS) is 12.1. The summed E-state index contributed by atoms with van der Waals surface area (Å²) in [6.45, 7) is 8.11. The molecular weight excluding hydrogens is 386 g/mol. The van der Waals surface area contributed by atoms with Gasteiger partial charge in [-0.05, 0) is 71.7 Å². The fraction of sp³-hybridized carbons (Fsp3) is 0.333. The average Bonchev–Trinajstić information content (AvgIpc) is 3.16. The molecule has 1 heterocycles. The molecule has 8 heteroatoms. The predicted octanol–water partition coefficient (Wildman–Crippen LogP) is 4.04. The number of ether oxygens (including phenoxy) is 1. The van der Waals surface area contributed by atoms with Gasteiger partial charge < -0.3 is 10.1 Å². The van der Waals surface area contributed by atoms with Crippen LogP contribution in [0.2, 0.25) is 0 Å². The summed E-state index contributed by atoms with van der Waals surface area (Å²) in [7, 11) is 1.61. The third-order valence-electron chi connectivity index (χ3n) is 4.70. The van der Waals surface area contributed by atoms with E-state index in [-0.39, 0.29) is 17.1 Å². The van der Waals surface area contributed by atoms with Gasteiger partial charge in [-0.2, -0.15) is 4.68 Å². The van der Waals surface area contributed by atoms with Crippen molar-refractivity contribution in [3.05, 3.63) is 53.6 Å². The number of benzene rings is 2. The number of carbonyl (C=O) groups is 1. The number of thioether (sulfide) groups is 1. The second kappa shape index (κ2) is 9.09. The zero-order valence-electron chi connectivity index (χ0n) is 17.2. The van der Waals surface area contributed by atoms with Gasteiger partial charge in [0, 0.05) is 5.69 Å². The second-order valence-electron chi connectivity index (χ2n) is 7.09. The average molecular weight is 412 g/mol. The molecule has 0 aliphatic carbocycles. The Morgan fingerprint density at radius 2 is 1.86 bits per heavy atom. The highest BCUT2D eigenvalue weighted by atomic mass is 32.2. The van der Waals surface area contributed by atoms with E-state index < -0.39 is 0 Å². The maximum atomic E-state index is 13.0. The summed E-state index contributed by atoms with van der Waals surface area (Å²) in [6.07, 6.45) is 0. The van der Waals surface area contributed by atoms with Gasteiger partial charge in [-0.15, -0.1) is 5.10 Å². The fourth-order valence-corrected chi connectivity index (χ4v) is 3.85. The molecule has 0 saturated carbocycles. The molecule has 1 amide bonds. The number of nitrogens with zero attached hydrogens (tertiary/aromatic N) is 4. The van der Waals surface area contributed by atoms with Crippen LogP contribution >= 0.6 is 11.8 Å². The van der Waals surface area contributed by atoms with E-state index in [1.165, 1.54) is 11.8 Å². The minimum absolute atomic E-state index is 0.0852. The lowest BCUT2D eigenvalue weighted by atomic mass is 10.1. The predicted molar refractivity (Wildman–Crippen MR) is 115 cm³/mol. The smallest absolute Gasteiger partial charge is 0.238 e. The third-order valence-corrected chi connectivity index (χ3v) is 6.18. The van der Waals surface area contributed by atoms with Gasteiger partial charge in [0.05, 0.1) is 18.0 Å². The summed E-state index contributed by atoms with van der Waals surface area (Å²) >= 11 is 1.36. The third kappa shape index (κ3) is 4.76. The zero-order valence-corrected chi connectivity index (χ0v) is 18.0. The number of anilines is 1. The van der Waals surface area contributed by atoms with Crippen molar-refractivity contribution < 1.29 is 9.53 Å². The van der Waals surface area contributed by atoms with E-state index in [9.17, 15) is 4.79 Å². The molecule has 29 heavy (non-hydrogen) atoms. The highest BCUT2D eigenvalue weighted by Gasteiger charge is 2.27. The van der Waals surface area contributed by atoms with Crippen molar-refractivity contribution in [3.63, 3.8) is 0 Å².